The number of aliphatic hydroxyl groups excluding tert-OH is 3. The molecule has 0 heterocycles. The zero-order chi connectivity index (χ0) is 4.99. The van der Waals surface area contributed by atoms with Crippen LogP contribution < -0.4 is 0 Å². The molecule has 0 aromatic rings. The third-order valence-electron chi connectivity index (χ3n) is 0.421. The van der Waals surface area contributed by atoms with Crippen LogP contribution in [0, 0.1) is 0 Å². The molecule has 12 heavy (non-hydrogen) atoms. The van der Waals surface area contributed by atoms with Crippen molar-refractivity contribution in [3.05, 3.63) is 0 Å². The molecule has 0 aliphatic heterocycles. The summed E-state index contributed by atoms with van der Waals surface area (Å²) in [5.74, 6) is 0. The van der Waals surface area contributed by atoms with Crippen LogP contribution >= 0.6 is 0 Å². The minimum Gasteiger partial charge on any atom is -0.412 e. The number of rotatable bonds is 2. The summed E-state index contributed by atoms with van der Waals surface area (Å²) in [4.78, 5) is 0. The van der Waals surface area contributed by atoms with E-state index < -0.39 is 6.10 Å². The van der Waals surface area contributed by atoms with Gasteiger partial charge in [0.15, 0.2) is 0 Å². The molecule has 0 atom stereocenters. The van der Waals surface area contributed by atoms with Gasteiger partial charge in [-0.2, -0.15) is 0 Å². The van der Waals surface area contributed by atoms with Crippen molar-refractivity contribution >= 4 is 0 Å². The van der Waals surface area contributed by atoms with Crippen LogP contribution in [0.25, 0.3) is 0 Å². The Balaban J connectivity index is -0.00000000833. The Morgan fingerprint density at radius 3 is 0.833 bits per heavy atom. The fourth-order valence-electron chi connectivity index (χ4n) is 0.0577. The highest BCUT2D eigenvalue weighted by Gasteiger charge is 1.93. The summed E-state index contributed by atoms with van der Waals surface area (Å²) in [6, 6.07) is 0. The summed E-state index contributed by atoms with van der Waals surface area (Å²) in [6.07, 6.45) is -0.954. The summed E-state index contributed by atoms with van der Waals surface area (Å²) >= 11 is 0. The van der Waals surface area contributed by atoms with Crippen molar-refractivity contribution in [1.82, 2.24) is 0 Å². The highest BCUT2D eigenvalue weighted by Crippen LogP contribution is 1.71. The molecule has 86 valence electrons. The second kappa shape index (κ2) is 45.9. The van der Waals surface area contributed by atoms with Crippen molar-refractivity contribution in [2.24, 2.45) is 0 Å². The Morgan fingerprint density at radius 1 is 0.667 bits per heavy atom. The Bertz CT molecular complexity index is 29.0. The highest BCUT2D eigenvalue weighted by molar-refractivity contribution is 4.43. The minimum absolute atomic E-state index is 0. The summed E-state index contributed by atoms with van der Waals surface area (Å²) < 4.78 is 0. The lowest BCUT2D eigenvalue weighted by molar-refractivity contribution is 0.0450. The fourth-order valence-corrected chi connectivity index (χ4v) is 0.0577. The first kappa shape index (κ1) is 61.2. The quantitative estimate of drug-likeness (QED) is 0.393. The zero-order valence-electron chi connectivity index (χ0n) is 6.33. The van der Waals surface area contributed by atoms with Gasteiger partial charge in [0.05, 0.1) is 13.2 Å². The molecule has 0 saturated heterocycles. The molecule has 9 heteroatoms. The SMILES string of the molecule is O.O.O.O.O.O.OCC(O)CO. The van der Waals surface area contributed by atoms with Crippen LogP contribution in [-0.4, -0.2) is 67.5 Å². The third kappa shape index (κ3) is 54.3. The molecule has 0 radical (unpaired) electrons. The van der Waals surface area contributed by atoms with Gasteiger partial charge in [0.1, 0.15) is 6.10 Å². The van der Waals surface area contributed by atoms with E-state index >= 15 is 0 Å². The van der Waals surface area contributed by atoms with Crippen molar-refractivity contribution in [1.29, 1.82) is 0 Å². The molecule has 0 aromatic carbocycles. The molecule has 9 nitrogen and oxygen atoms in total. The van der Waals surface area contributed by atoms with E-state index in [0.717, 1.165) is 0 Å². The predicted molar refractivity (Wildman–Crippen MR) is 41.9 cm³/mol. The Morgan fingerprint density at radius 2 is 0.833 bits per heavy atom. The smallest absolute Gasteiger partial charge is 0.100 e. The molecule has 0 saturated carbocycles. The largest absolute Gasteiger partial charge is 0.412 e. The molecule has 0 bridgehead atoms. The molecule has 15 N–H and O–H groups in total. The first-order valence-corrected chi connectivity index (χ1v) is 1.71. The van der Waals surface area contributed by atoms with Gasteiger partial charge in [-0.25, -0.2) is 0 Å². The van der Waals surface area contributed by atoms with Crippen molar-refractivity contribution in [3.8, 4) is 0 Å². The lowest BCUT2D eigenvalue weighted by Crippen LogP contribution is -2.15. The van der Waals surface area contributed by atoms with Crippen LogP contribution in [0.15, 0.2) is 0 Å². The van der Waals surface area contributed by atoms with Crippen molar-refractivity contribution in [2.75, 3.05) is 13.2 Å². The number of hydrogen-bond acceptors (Lipinski definition) is 3. The van der Waals surface area contributed by atoms with Crippen molar-refractivity contribution in [2.45, 2.75) is 6.10 Å². The zero-order valence-corrected chi connectivity index (χ0v) is 6.33. The molecule has 0 amide bonds. The molecular formula is C3H20O9. The van der Waals surface area contributed by atoms with Gasteiger partial charge in [-0.15, -0.1) is 0 Å². The Kier molecular flexibility index (Phi) is 234. The molecule has 0 aliphatic carbocycles. The number of aliphatic hydroxyl groups is 3. The van der Waals surface area contributed by atoms with E-state index in [2.05, 4.69) is 0 Å². The van der Waals surface area contributed by atoms with Crippen molar-refractivity contribution < 1.29 is 48.2 Å². The molecule has 0 unspecified atom stereocenters. The first-order chi connectivity index (χ1) is 2.81. The summed E-state index contributed by atoms with van der Waals surface area (Å²) in [5, 5.41) is 24.0. The van der Waals surface area contributed by atoms with Crippen LogP contribution in [0.1, 0.15) is 0 Å². The molecule has 0 rings (SSSR count). The average Bonchev–Trinajstić information content (AvgIpc) is 1.65. The van der Waals surface area contributed by atoms with Crippen LogP contribution in [0.3, 0.4) is 0 Å². The average molecular weight is 200 g/mol. The van der Waals surface area contributed by atoms with E-state index in [9.17, 15) is 0 Å². The van der Waals surface area contributed by atoms with E-state index in [0.29, 0.717) is 0 Å². The van der Waals surface area contributed by atoms with Crippen LogP contribution in [0.5, 0.6) is 0 Å². The summed E-state index contributed by atoms with van der Waals surface area (Å²) in [7, 11) is 0. The normalized spacial score (nSPS) is 5.00. The maximum absolute atomic E-state index is 8.17. The van der Waals surface area contributed by atoms with Gasteiger partial charge >= 0.3 is 0 Å². The maximum atomic E-state index is 8.17. The Labute approximate surface area is 68.7 Å². The molecule has 0 aliphatic rings. The van der Waals surface area contributed by atoms with E-state index in [4.69, 9.17) is 15.3 Å². The minimum atomic E-state index is -0.954. The molecule has 0 aromatic heterocycles. The van der Waals surface area contributed by atoms with Gasteiger partial charge in [-0.1, -0.05) is 0 Å². The van der Waals surface area contributed by atoms with Gasteiger partial charge < -0.3 is 48.2 Å². The monoisotopic (exact) mass is 200 g/mol. The molecule has 0 spiro atoms. The van der Waals surface area contributed by atoms with E-state index in [1.807, 2.05) is 0 Å². The van der Waals surface area contributed by atoms with Gasteiger partial charge in [0, 0.05) is 0 Å². The van der Waals surface area contributed by atoms with Crippen LogP contribution in [0.2, 0.25) is 0 Å². The summed E-state index contributed by atoms with van der Waals surface area (Å²) in [6.45, 7) is -0.729. The standard InChI is InChI=1S/C3H8O3.6H2O/c4-1-3(6)2-5;;;;;;/h3-6H,1-2H2;6*1H2. The third-order valence-corrected chi connectivity index (χ3v) is 0.421. The Hall–Kier alpha value is -0.360. The second-order valence-corrected chi connectivity index (χ2v) is 1.02. The topological polar surface area (TPSA) is 250 Å². The fraction of sp³-hybridized carbons (Fsp3) is 1.00. The molecular weight excluding hydrogens is 180 g/mol. The van der Waals surface area contributed by atoms with Crippen LogP contribution in [0.4, 0.5) is 0 Å². The lowest BCUT2D eigenvalue weighted by atomic mass is 10.4. The van der Waals surface area contributed by atoms with Crippen molar-refractivity contribution in [3.63, 3.8) is 0 Å². The van der Waals surface area contributed by atoms with E-state index in [1.54, 1.807) is 0 Å². The van der Waals surface area contributed by atoms with E-state index in [-0.39, 0.29) is 46.1 Å². The molecule has 0 fully saturated rings. The van der Waals surface area contributed by atoms with Gasteiger partial charge in [0.25, 0.3) is 0 Å². The highest BCUT2D eigenvalue weighted by atomic mass is 16.3. The van der Waals surface area contributed by atoms with E-state index in [1.165, 1.54) is 0 Å². The van der Waals surface area contributed by atoms with Gasteiger partial charge in [0.2, 0.25) is 0 Å². The lowest BCUT2D eigenvalue weighted by Gasteiger charge is -1.96. The van der Waals surface area contributed by atoms with Crippen LogP contribution in [-0.2, 0) is 0 Å². The maximum Gasteiger partial charge on any atom is 0.100 e. The predicted octanol–water partition coefficient (Wildman–Crippen LogP) is -6.62. The summed E-state index contributed by atoms with van der Waals surface area (Å²) in [5.41, 5.74) is 0. The van der Waals surface area contributed by atoms with Gasteiger partial charge in [-0.05, 0) is 0 Å². The van der Waals surface area contributed by atoms with Gasteiger partial charge in [-0.3, -0.25) is 0 Å². The number of hydrogen-bond donors (Lipinski definition) is 3. The second-order valence-electron chi connectivity index (χ2n) is 1.02. The first-order valence-electron chi connectivity index (χ1n) is 1.71.